The molecule has 3 aromatic heterocycles. The Bertz CT molecular complexity index is 1370. The average molecular weight is 499 g/mol. The van der Waals surface area contributed by atoms with Crippen LogP contribution in [0.3, 0.4) is 0 Å². The van der Waals surface area contributed by atoms with Gasteiger partial charge in [-0.25, -0.2) is 19.9 Å². The minimum Gasteiger partial charge on any atom is -0.384 e. The zero-order chi connectivity index (χ0) is 24.8. The van der Waals surface area contributed by atoms with E-state index in [1.54, 1.807) is 18.7 Å². The molecule has 1 aromatic carbocycles. The van der Waals surface area contributed by atoms with Crippen molar-refractivity contribution < 1.29 is 9.84 Å². The number of benzene rings is 1. The van der Waals surface area contributed by atoms with Crippen LogP contribution in [0.1, 0.15) is 30.1 Å². The molecule has 3 unspecified atom stereocenters. The van der Waals surface area contributed by atoms with Crippen molar-refractivity contribution in [3.8, 4) is 11.3 Å². The number of fused-ring (bicyclic) bond motifs is 3. The fraction of sp³-hybridized carbons (Fsp3) is 0.407. The van der Waals surface area contributed by atoms with Crippen LogP contribution in [0.15, 0.2) is 49.1 Å². The Balaban J connectivity index is 1.10. The molecule has 0 saturated carbocycles. The topological polar surface area (TPSA) is 115 Å². The number of ether oxygens (including phenoxy) is 1. The van der Waals surface area contributed by atoms with Crippen LogP contribution in [0.4, 0.5) is 11.8 Å². The second kappa shape index (κ2) is 9.37. The summed E-state index contributed by atoms with van der Waals surface area (Å²) >= 11 is 0. The van der Waals surface area contributed by atoms with Gasteiger partial charge in [-0.15, -0.1) is 0 Å². The number of hydrogen-bond donors (Lipinski definition) is 3. The van der Waals surface area contributed by atoms with Crippen LogP contribution in [-0.4, -0.2) is 81.5 Å². The number of H-pyrrole nitrogens is 1. The van der Waals surface area contributed by atoms with E-state index < -0.39 is 6.10 Å². The molecule has 10 heteroatoms. The number of nitrogens with one attached hydrogen (secondary N) is 2. The molecule has 0 spiro atoms. The first-order chi connectivity index (χ1) is 18.2. The van der Waals surface area contributed by atoms with Crippen molar-refractivity contribution in [3.63, 3.8) is 0 Å². The first-order valence-electron chi connectivity index (χ1n) is 13.0. The van der Waals surface area contributed by atoms with Gasteiger partial charge in [0, 0.05) is 61.9 Å². The molecular weight excluding hydrogens is 468 g/mol. The van der Waals surface area contributed by atoms with E-state index in [1.165, 1.54) is 12.8 Å². The van der Waals surface area contributed by atoms with Crippen LogP contribution in [-0.2, 0) is 4.74 Å². The molecule has 0 amide bonds. The highest BCUT2D eigenvalue weighted by Gasteiger charge is 2.38. The zero-order valence-corrected chi connectivity index (χ0v) is 20.5. The number of anilines is 2. The van der Waals surface area contributed by atoms with Crippen LogP contribution in [0.5, 0.6) is 0 Å². The highest BCUT2D eigenvalue weighted by atomic mass is 16.5. The lowest BCUT2D eigenvalue weighted by Gasteiger charge is -2.35. The molecule has 4 aromatic rings. The fourth-order valence-electron chi connectivity index (χ4n) is 5.86. The summed E-state index contributed by atoms with van der Waals surface area (Å²) < 4.78 is 5.49. The van der Waals surface area contributed by atoms with E-state index in [0.717, 1.165) is 65.8 Å². The predicted molar refractivity (Wildman–Crippen MR) is 141 cm³/mol. The van der Waals surface area contributed by atoms with Gasteiger partial charge in [-0.1, -0.05) is 24.3 Å². The zero-order valence-electron chi connectivity index (χ0n) is 20.5. The molecule has 3 aliphatic rings. The largest absolute Gasteiger partial charge is 0.384 e. The number of aromatic amines is 1. The molecule has 3 fully saturated rings. The van der Waals surface area contributed by atoms with E-state index in [9.17, 15) is 5.11 Å². The fourth-order valence-corrected chi connectivity index (χ4v) is 5.86. The summed E-state index contributed by atoms with van der Waals surface area (Å²) in [4.78, 5) is 26.2. The highest BCUT2D eigenvalue weighted by Crippen LogP contribution is 2.32. The Kier molecular flexibility index (Phi) is 5.72. The van der Waals surface area contributed by atoms with Crippen LogP contribution < -0.4 is 15.1 Å². The number of aromatic nitrogens is 5. The number of aliphatic hydroxyl groups is 1. The number of nitrogens with zero attached hydrogens (tertiary/aromatic N) is 6. The van der Waals surface area contributed by atoms with E-state index in [4.69, 9.17) is 4.74 Å². The Labute approximate surface area is 214 Å². The molecule has 6 heterocycles. The summed E-state index contributed by atoms with van der Waals surface area (Å²) in [7, 11) is 0. The SMILES string of the molecule is OC(c1ccc(-c2cc3c(N4CCOCC4)ncnc3[nH]2)cc1)c1cnc(N2C3CCC2CNC3)nc1. The van der Waals surface area contributed by atoms with Gasteiger partial charge in [0.15, 0.2) is 0 Å². The van der Waals surface area contributed by atoms with Crippen LogP contribution in [0.2, 0.25) is 0 Å². The maximum absolute atomic E-state index is 11.0. The van der Waals surface area contributed by atoms with Gasteiger partial charge >= 0.3 is 0 Å². The minimum absolute atomic E-state index is 0.461. The minimum atomic E-state index is -0.788. The lowest BCUT2D eigenvalue weighted by Crippen LogP contribution is -2.52. The average Bonchev–Trinajstić information content (AvgIpc) is 3.51. The van der Waals surface area contributed by atoms with Crippen LogP contribution in [0, 0.1) is 0 Å². The first kappa shape index (κ1) is 22.6. The van der Waals surface area contributed by atoms with Gasteiger partial charge in [0.25, 0.3) is 0 Å². The summed E-state index contributed by atoms with van der Waals surface area (Å²) in [6.07, 6.45) is 6.68. The molecule has 3 saturated heterocycles. The van der Waals surface area contributed by atoms with Crippen molar-refractivity contribution in [3.05, 3.63) is 60.2 Å². The molecule has 3 atom stereocenters. The van der Waals surface area contributed by atoms with Crippen molar-refractivity contribution in [2.45, 2.75) is 31.0 Å². The molecule has 3 aliphatic heterocycles. The van der Waals surface area contributed by atoms with Gasteiger partial charge in [-0.05, 0) is 30.0 Å². The Hall–Kier alpha value is -3.60. The van der Waals surface area contributed by atoms with E-state index >= 15 is 0 Å². The van der Waals surface area contributed by atoms with E-state index in [1.807, 2.05) is 24.3 Å². The molecule has 3 N–H and O–H groups in total. The van der Waals surface area contributed by atoms with Crippen LogP contribution in [0.25, 0.3) is 22.3 Å². The smallest absolute Gasteiger partial charge is 0.225 e. The first-order valence-corrected chi connectivity index (χ1v) is 13.0. The molecular formula is C27H30N8O2. The van der Waals surface area contributed by atoms with E-state index in [0.29, 0.717) is 30.9 Å². The molecule has 0 aliphatic carbocycles. The maximum atomic E-state index is 11.0. The molecule has 37 heavy (non-hydrogen) atoms. The quantitative estimate of drug-likeness (QED) is 0.381. The van der Waals surface area contributed by atoms with E-state index in [2.05, 4.69) is 46.1 Å². The number of rotatable bonds is 5. The second-order valence-electron chi connectivity index (χ2n) is 10.0. The van der Waals surface area contributed by atoms with E-state index in [-0.39, 0.29) is 0 Å². The molecule has 2 bridgehead atoms. The Morgan fingerprint density at radius 1 is 0.919 bits per heavy atom. The monoisotopic (exact) mass is 498 g/mol. The van der Waals surface area contributed by atoms with Crippen molar-refractivity contribution in [2.75, 3.05) is 49.2 Å². The summed E-state index contributed by atoms with van der Waals surface area (Å²) in [6, 6.07) is 10.9. The summed E-state index contributed by atoms with van der Waals surface area (Å²) in [5.74, 6) is 1.69. The molecule has 190 valence electrons. The third-order valence-corrected chi connectivity index (χ3v) is 7.84. The lowest BCUT2D eigenvalue weighted by molar-refractivity contribution is 0.122. The summed E-state index contributed by atoms with van der Waals surface area (Å²) in [6.45, 7) is 5.01. The molecule has 10 nitrogen and oxygen atoms in total. The van der Waals surface area contributed by atoms with Gasteiger partial charge in [0.2, 0.25) is 5.95 Å². The highest BCUT2D eigenvalue weighted by molar-refractivity contribution is 5.92. The van der Waals surface area contributed by atoms with Crippen molar-refractivity contribution >= 4 is 22.8 Å². The van der Waals surface area contributed by atoms with Gasteiger partial charge in [0.1, 0.15) is 23.9 Å². The summed E-state index contributed by atoms with van der Waals surface area (Å²) in [5, 5.41) is 15.5. The van der Waals surface area contributed by atoms with Crippen molar-refractivity contribution in [1.29, 1.82) is 0 Å². The van der Waals surface area contributed by atoms with Crippen molar-refractivity contribution in [1.82, 2.24) is 30.2 Å². The van der Waals surface area contributed by atoms with Crippen molar-refractivity contribution in [2.24, 2.45) is 0 Å². The number of morpholine rings is 1. The molecule has 7 rings (SSSR count). The van der Waals surface area contributed by atoms with Gasteiger partial charge in [0.05, 0.1) is 18.6 Å². The molecule has 0 radical (unpaired) electrons. The predicted octanol–water partition coefficient (Wildman–Crippen LogP) is 2.27. The second-order valence-corrected chi connectivity index (χ2v) is 10.0. The number of hydrogen-bond acceptors (Lipinski definition) is 9. The maximum Gasteiger partial charge on any atom is 0.225 e. The van der Waals surface area contributed by atoms with Gasteiger partial charge in [-0.3, -0.25) is 0 Å². The lowest BCUT2D eigenvalue weighted by atomic mass is 10.0. The Morgan fingerprint density at radius 2 is 1.65 bits per heavy atom. The normalized spacial score (nSPS) is 22.5. The van der Waals surface area contributed by atoms with Crippen LogP contribution >= 0.6 is 0 Å². The third kappa shape index (κ3) is 4.11. The summed E-state index contributed by atoms with van der Waals surface area (Å²) in [5.41, 5.74) is 4.28. The third-order valence-electron chi connectivity index (χ3n) is 7.84. The number of aliphatic hydroxyl groups excluding tert-OH is 1. The standard InChI is InChI=1S/C27H30N8O2/c36-24(19-12-29-27(30-13-19)35-20-5-6-21(35)15-28-14-20)18-3-1-17(2-4-18)23-11-22-25(33-23)31-16-32-26(22)34-7-9-37-10-8-34/h1-4,11-13,16,20-21,24,28,36H,5-10,14-15H2,(H,31,32,33). The van der Waals surface area contributed by atoms with Gasteiger partial charge in [-0.2, -0.15) is 0 Å². The Morgan fingerprint density at radius 3 is 2.38 bits per heavy atom. The van der Waals surface area contributed by atoms with Gasteiger partial charge < -0.3 is 29.9 Å². The number of piperazine rings is 1.